The SMILES string of the molecule is c1nc2ccc(CCNCC3CCCCN3)cc2[nH]1. The normalized spacial score (nSPS) is 19.9. The number of H-pyrrole nitrogens is 1. The summed E-state index contributed by atoms with van der Waals surface area (Å²) in [6.45, 7) is 3.31. The molecule has 1 saturated heterocycles. The first-order chi connectivity index (χ1) is 9.42. The van der Waals surface area contributed by atoms with Crippen molar-refractivity contribution in [3.05, 3.63) is 30.1 Å². The van der Waals surface area contributed by atoms with Crippen LogP contribution in [0.3, 0.4) is 0 Å². The molecule has 2 heterocycles. The van der Waals surface area contributed by atoms with Gasteiger partial charge in [0.1, 0.15) is 0 Å². The number of imidazole rings is 1. The molecule has 0 amide bonds. The maximum Gasteiger partial charge on any atom is 0.0931 e. The van der Waals surface area contributed by atoms with Gasteiger partial charge in [-0.25, -0.2) is 4.98 Å². The summed E-state index contributed by atoms with van der Waals surface area (Å²) in [7, 11) is 0. The molecular formula is C15H22N4. The number of nitrogens with one attached hydrogen (secondary N) is 3. The monoisotopic (exact) mass is 258 g/mol. The summed E-state index contributed by atoms with van der Waals surface area (Å²) in [5.41, 5.74) is 3.54. The highest BCUT2D eigenvalue weighted by Crippen LogP contribution is 2.11. The van der Waals surface area contributed by atoms with Crippen molar-refractivity contribution in [3.8, 4) is 0 Å². The summed E-state index contributed by atoms with van der Waals surface area (Å²) in [5.74, 6) is 0. The van der Waals surface area contributed by atoms with Crippen molar-refractivity contribution in [3.63, 3.8) is 0 Å². The molecule has 1 aromatic heterocycles. The third-order valence-corrected chi connectivity index (χ3v) is 3.88. The number of piperidine rings is 1. The molecule has 3 N–H and O–H groups in total. The fourth-order valence-corrected chi connectivity index (χ4v) is 2.75. The van der Waals surface area contributed by atoms with Gasteiger partial charge < -0.3 is 15.6 Å². The predicted molar refractivity (Wildman–Crippen MR) is 78.3 cm³/mol. The Labute approximate surface area is 114 Å². The van der Waals surface area contributed by atoms with Gasteiger partial charge in [-0.2, -0.15) is 0 Å². The van der Waals surface area contributed by atoms with Crippen LogP contribution in [0, 0.1) is 0 Å². The van der Waals surface area contributed by atoms with Crippen LogP contribution in [0.15, 0.2) is 24.5 Å². The number of nitrogens with zero attached hydrogens (tertiary/aromatic N) is 1. The number of hydrogen-bond donors (Lipinski definition) is 3. The first-order valence-corrected chi connectivity index (χ1v) is 7.28. The van der Waals surface area contributed by atoms with E-state index in [4.69, 9.17) is 0 Å². The molecule has 1 aromatic carbocycles. The number of rotatable bonds is 5. The van der Waals surface area contributed by atoms with Crippen LogP contribution in [0.1, 0.15) is 24.8 Å². The Morgan fingerprint density at radius 3 is 3.21 bits per heavy atom. The van der Waals surface area contributed by atoms with Gasteiger partial charge in [-0.1, -0.05) is 12.5 Å². The third kappa shape index (κ3) is 3.33. The van der Waals surface area contributed by atoms with Gasteiger partial charge in [-0.3, -0.25) is 0 Å². The van der Waals surface area contributed by atoms with Crippen LogP contribution in [-0.4, -0.2) is 35.6 Å². The molecule has 1 aliphatic heterocycles. The van der Waals surface area contributed by atoms with E-state index in [9.17, 15) is 0 Å². The summed E-state index contributed by atoms with van der Waals surface area (Å²) in [4.78, 5) is 7.40. The first kappa shape index (κ1) is 12.6. The van der Waals surface area contributed by atoms with E-state index in [1.807, 2.05) is 0 Å². The standard InChI is InChI=1S/C15H22N4/c1-2-7-17-13(3-1)10-16-8-6-12-4-5-14-15(9-12)19-11-18-14/h4-5,9,11,13,16-17H,1-3,6-8,10H2,(H,18,19). The zero-order chi connectivity index (χ0) is 12.9. The van der Waals surface area contributed by atoms with E-state index >= 15 is 0 Å². The van der Waals surface area contributed by atoms with Gasteiger partial charge in [0, 0.05) is 12.6 Å². The molecule has 2 aromatic rings. The Morgan fingerprint density at radius 1 is 1.32 bits per heavy atom. The summed E-state index contributed by atoms with van der Waals surface area (Å²) in [6, 6.07) is 7.13. The second kappa shape index (κ2) is 6.17. The highest BCUT2D eigenvalue weighted by Gasteiger charge is 2.11. The minimum Gasteiger partial charge on any atom is -0.345 e. The Morgan fingerprint density at radius 2 is 2.32 bits per heavy atom. The van der Waals surface area contributed by atoms with Crippen molar-refractivity contribution in [2.24, 2.45) is 0 Å². The Kier molecular flexibility index (Phi) is 4.10. The minimum absolute atomic E-state index is 0.670. The van der Waals surface area contributed by atoms with Gasteiger partial charge in [-0.15, -0.1) is 0 Å². The van der Waals surface area contributed by atoms with Crippen LogP contribution in [0.5, 0.6) is 0 Å². The van der Waals surface area contributed by atoms with E-state index in [-0.39, 0.29) is 0 Å². The Hall–Kier alpha value is -1.39. The molecular weight excluding hydrogens is 236 g/mol. The van der Waals surface area contributed by atoms with E-state index in [0.717, 1.165) is 30.5 Å². The molecule has 0 bridgehead atoms. The highest BCUT2D eigenvalue weighted by atomic mass is 15.0. The molecule has 0 saturated carbocycles. The predicted octanol–water partition coefficient (Wildman–Crippen LogP) is 1.84. The molecule has 0 spiro atoms. The maximum absolute atomic E-state index is 4.24. The quantitative estimate of drug-likeness (QED) is 0.717. The van der Waals surface area contributed by atoms with Crippen molar-refractivity contribution in [1.82, 2.24) is 20.6 Å². The van der Waals surface area contributed by atoms with E-state index in [1.165, 1.54) is 31.4 Å². The van der Waals surface area contributed by atoms with Gasteiger partial charge in [0.15, 0.2) is 0 Å². The minimum atomic E-state index is 0.670. The third-order valence-electron chi connectivity index (χ3n) is 3.88. The van der Waals surface area contributed by atoms with E-state index in [1.54, 1.807) is 6.33 Å². The average molecular weight is 258 g/mol. The first-order valence-electron chi connectivity index (χ1n) is 7.28. The molecule has 4 heteroatoms. The number of aromatic nitrogens is 2. The molecule has 1 aliphatic rings. The van der Waals surface area contributed by atoms with Crippen LogP contribution >= 0.6 is 0 Å². The Bertz CT molecular complexity index is 514. The molecule has 102 valence electrons. The van der Waals surface area contributed by atoms with Crippen molar-refractivity contribution in [1.29, 1.82) is 0 Å². The van der Waals surface area contributed by atoms with Crippen LogP contribution in [0.25, 0.3) is 11.0 Å². The second-order valence-corrected chi connectivity index (χ2v) is 5.35. The lowest BCUT2D eigenvalue weighted by Crippen LogP contribution is -2.42. The lowest BCUT2D eigenvalue weighted by molar-refractivity contribution is 0.384. The Balaban J connectivity index is 1.43. The van der Waals surface area contributed by atoms with E-state index in [0.29, 0.717) is 6.04 Å². The molecule has 3 rings (SSSR count). The molecule has 1 atom stereocenters. The molecule has 4 nitrogen and oxygen atoms in total. The van der Waals surface area contributed by atoms with Crippen molar-refractivity contribution in [2.45, 2.75) is 31.7 Å². The van der Waals surface area contributed by atoms with Gasteiger partial charge in [-0.05, 0) is 50.0 Å². The van der Waals surface area contributed by atoms with Gasteiger partial charge in [0.05, 0.1) is 17.4 Å². The van der Waals surface area contributed by atoms with E-state index in [2.05, 4.69) is 38.8 Å². The number of aromatic amines is 1. The lowest BCUT2D eigenvalue weighted by Gasteiger charge is -2.23. The summed E-state index contributed by atoms with van der Waals surface area (Å²) >= 11 is 0. The van der Waals surface area contributed by atoms with Crippen LogP contribution < -0.4 is 10.6 Å². The number of benzene rings is 1. The summed E-state index contributed by atoms with van der Waals surface area (Å²) < 4.78 is 0. The molecule has 0 radical (unpaired) electrons. The van der Waals surface area contributed by atoms with Gasteiger partial charge in [0.25, 0.3) is 0 Å². The number of fused-ring (bicyclic) bond motifs is 1. The van der Waals surface area contributed by atoms with Crippen LogP contribution in [0.2, 0.25) is 0 Å². The van der Waals surface area contributed by atoms with Crippen LogP contribution in [-0.2, 0) is 6.42 Å². The highest BCUT2D eigenvalue weighted by molar-refractivity contribution is 5.75. The maximum atomic E-state index is 4.24. The van der Waals surface area contributed by atoms with Crippen molar-refractivity contribution in [2.75, 3.05) is 19.6 Å². The summed E-state index contributed by atoms with van der Waals surface area (Å²) in [5, 5.41) is 7.12. The topological polar surface area (TPSA) is 52.7 Å². The summed E-state index contributed by atoms with van der Waals surface area (Å²) in [6.07, 6.45) is 6.84. The molecule has 0 aliphatic carbocycles. The fraction of sp³-hybridized carbons (Fsp3) is 0.533. The zero-order valence-corrected chi connectivity index (χ0v) is 11.3. The van der Waals surface area contributed by atoms with Gasteiger partial charge >= 0.3 is 0 Å². The van der Waals surface area contributed by atoms with Crippen molar-refractivity contribution >= 4 is 11.0 Å². The average Bonchev–Trinajstić information content (AvgIpc) is 2.92. The fourth-order valence-electron chi connectivity index (χ4n) is 2.75. The largest absolute Gasteiger partial charge is 0.345 e. The van der Waals surface area contributed by atoms with Gasteiger partial charge in [0.2, 0.25) is 0 Å². The molecule has 1 unspecified atom stereocenters. The lowest BCUT2D eigenvalue weighted by atomic mass is 10.1. The van der Waals surface area contributed by atoms with E-state index < -0.39 is 0 Å². The second-order valence-electron chi connectivity index (χ2n) is 5.35. The molecule has 1 fully saturated rings. The number of hydrogen-bond acceptors (Lipinski definition) is 3. The molecule has 19 heavy (non-hydrogen) atoms. The van der Waals surface area contributed by atoms with Crippen molar-refractivity contribution < 1.29 is 0 Å². The van der Waals surface area contributed by atoms with Crippen LogP contribution in [0.4, 0.5) is 0 Å². The zero-order valence-electron chi connectivity index (χ0n) is 11.3. The smallest absolute Gasteiger partial charge is 0.0931 e.